The first-order chi connectivity index (χ1) is 26.6. The summed E-state index contributed by atoms with van der Waals surface area (Å²) in [6.07, 6.45) is 0. The molecule has 1 unspecified atom stereocenters. The van der Waals surface area contributed by atoms with Crippen molar-refractivity contribution in [1.29, 1.82) is 5.41 Å². The van der Waals surface area contributed by atoms with E-state index in [1.807, 2.05) is 47.7 Å². The van der Waals surface area contributed by atoms with Crippen LogP contribution in [-0.4, -0.2) is 6.72 Å². The van der Waals surface area contributed by atoms with E-state index in [0.717, 1.165) is 11.1 Å². The SMILES string of the molecule is C=N.Cc1ccccc1.NC(c1ccccc1)c1ccc(-c2cccc3sc4ccc(-c5ccc6c7ccccc7c7ccccc7c6c5)cc4c23)cc1. The summed E-state index contributed by atoms with van der Waals surface area (Å²) in [5.41, 5.74) is 15.1. The molecule has 1 atom stereocenters. The summed E-state index contributed by atoms with van der Waals surface area (Å²) in [7, 11) is 0. The molecule has 1 heterocycles. The second-order valence-corrected chi connectivity index (χ2v) is 14.6. The molecule has 54 heavy (non-hydrogen) atoms. The lowest BCUT2D eigenvalue weighted by atomic mass is 9.91. The molecule has 10 rings (SSSR count). The van der Waals surface area contributed by atoms with Crippen LogP contribution < -0.4 is 5.73 Å². The molecule has 0 fully saturated rings. The van der Waals surface area contributed by atoms with Crippen LogP contribution in [0.25, 0.3) is 74.7 Å². The van der Waals surface area contributed by atoms with Crippen LogP contribution in [0.1, 0.15) is 22.7 Å². The predicted molar refractivity (Wildman–Crippen MR) is 236 cm³/mol. The molecule has 0 aliphatic heterocycles. The zero-order chi connectivity index (χ0) is 37.0. The maximum Gasteiger partial charge on any atom is 0.0551 e. The monoisotopic (exact) mass is 712 g/mol. The fraction of sp³-hybridized carbons (Fsp3) is 0.0392. The zero-order valence-electron chi connectivity index (χ0n) is 30.2. The number of hydrogen-bond donors (Lipinski definition) is 2. The maximum absolute atomic E-state index is 6.62. The molecule has 0 saturated heterocycles. The van der Waals surface area contributed by atoms with Gasteiger partial charge in [-0.25, -0.2) is 0 Å². The van der Waals surface area contributed by atoms with Gasteiger partial charge in [-0.2, -0.15) is 0 Å². The fourth-order valence-electron chi connectivity index (χ4n) is 7.59. The van der Waals surface area contributed by atoms with Crippen LogP contribution in [0.2, 0.25) is 0 Å². The van der Waals surface area contributed by atoms with Gasteiger partial charge in [0.25, 0.3) is 0 Å². The molecule has 3 heteroatoms. The first-order valence-electron chi connectivity index (χ1n) is 18.2. The minimum absolute atomic E-state index is 0.141. The Morgan fingerprint density at radius 3 is 1.50 bits per heavy atom. The maximum atomic E-state index is 6.62. The summed E-state index contributed by atoms with van der Waals surface area (Å²) in [5, 5.41) is 15.9. The number of benzene rings is 9. The Bertz CT molecular complexity index is 2840. The molecule has 9 aromatic carbocycles. The normalized spacial score (nSPS) is 11.6. The van der Waals surface area contributed by atoms with Gasteiger partial charge in [0.05, 0.1) is 6.04 Å². The van der Waals surface area contributed by atoms with Gasteiger partial charge in [-0.15, -0.1) is 11.3 Å². The largest absolute Gasteiger partial charge is 0.320 e. The van der Waals surface area contributed by atoms with Gasteiger partial charge in [0.15, 0.2) is 0 Å². The number of hydrogen-bond acceptors (Lipinski definition) is 3. The van der Waals surface area contributed by atoms with Gasteiger partial charge in [-0.05, 0) is 104 Å². The van der Waals surface area contributed by atoms with Crippen molar-refractivity contribution >= 4 is 70.5 Å². The summed E-state index contributed by atoms with van der Waals surface area (Å²) in [6, 6.07) is 67.4. The highest BCUT2D eigenvalue weighted by Gasteiger charge is 2.15. The molecule has 260 valence electrons. The van der Waals surface area contributed by atoms with E-state index in [-0.39, 0.29) is 6.04 Å². The van der Waals surface area contributed by atoms with Gasteiger partial charge in [0.1, 0.15) is 0 Å². The number of nitrogens with one attached hydrogen (secondary N) is 1. The Morgan fingerprint density at radius 1 is 0.426 bits per heavy atom. The predicted octanol–water partition coefficient (Wildman–Crippen LogP) is 14.2. The smallest absolute Gasteiger partial charge is 0.0551 e. The Labute approximate surface area is 320 Å². The van der Waals surface area contributed by atoms with Crippen LogP contribution in [0.15, 0.2) is 188 Å². The van der Waals surface area contributed by atoms with Crippen molar-refractivity contribution in [3.63, 3.8) is 0 Å². The van der Waals surface area contributed by atoms with Crippen molar-refractivity contribution in [2.75, 3.05) is 0 Å². The van der Waals surface area contributed by atoms with E-state index in [9.17, 15) is 0 Å². The molecular formula is C51H40N2S. The Kier molecular flexibility index (Phi) is 9.83. The van der Waals surface area contributed by atoms with E-state index in [4.69, 9.17) is 11.1 Å². The number of aryl methyl sites for hydroxylation is 1. The molecular weight excluding hydrogens is 673 g/mol. The Hall–Kier alpha value is -6.39. The fourth-order valence-corrected chi connectivity index (χ4v) is 8.70. The Morgan fingerprint density at radius 2 is 0.907 bits per heavy atom. The van der Waals surface area contributed by atoms with Crippen LogP contribution in [0.4, 0.5) is 0 Å². The highest BCUT2D eigenvalue weighted by molar-refractivity contribution is 7.26. The van der Waals surface area contributed by atoms with Crippen LogP contribution in [0, 0.1) is 12.3 Å². The highest BCUT2D eigenvalue weighted by Crippen LogP contribution is 2.43. The summed E-state index contributed by atoms with van der Waals surface area (Å²) in [4.78, 5) is 0. The van der Waals surface area contributed by atoms with Crippen molar-refractivity contribution < 1.29 is 0 Å². The number of rotatable bonds is 4. The number of thiophene rings is 1. The van der Waals surface area contributed by atoms with Gasteiger partial charge >= 0.3 is 0 Å². The van der Waals surface area contributed by atoms with Crippen molar-refractivity contribution in [3.8, 4) is 22.3 Å². The molecule has 0 amide bonds. The summed E-state index contributed by atoms with van der Waals surface area (Å²) >= 11 is 1.87. The van der Waals surface area contributed by atoms with E-state index in [0.29, 0.717) is 0 Å². The molecule has 0 radical (unpaired) electrons. The molecule has 10 aromatic rings. The second-order valence-electron chi connectivity index (χ2n) is 13.5. The molecule has 2 nitrogen and oxygen atoms in total. The van der Waals surface area contributed by atoms with Crippen molar-refractivity contribution in [2.45, 2.75) is 13.0 Å². The number of nitrogens with two attached hydrogens (primary N) is 1. The van der Waals surface area contributed by atoms with Gasteiger partial charge in [-0.1, -0.05) is 169 Å². The minimum atomic E-state index is -0.141. The lowest BCUT2D eigenvalue weighted by Crippen LogP contribution is -2.11. The third kappa shape index (κ3) is 6.56. The molecule has 0 aliphatic carbocycles. The lowest BCUT2D eigenvalue weighted by Gasteiger charge is -2.14. The van der Waals surface area contributed by atoms with Crippen LogP contribution in [-0.2, 0) is 0 Å². The minimum Gasteiger partial charge on any atom is -0.320 e. The van der Waals surface area contributed by atoms with Gasteiger partial charge in [0, 0.05) is 20.2 Å². The zero-order valence-corrected chi connectivity index (χ0v) is 31.0. The number of fused-ring (bicyclic) bond motifs is 9. The molecule has 0 aliphatic rings. The average molecular weight is 713 g/mol. The van der Waals surface area contributed by atoms with Crippen molar-refractivity contribution in [2.24, 2.45) is 5.73 Å². The lowest BCUT2D eigenvalue weighted by molar-refractivity contribution is 0.872. The van der Waals surface area contributed by atoms with E-state index < -0.39 is 0 Å². The second kappa shape index (κ2) is 15.3. The average Bonchev–Trinajstić information content (AvgIpc) is 3.63. The van der Waals surface area contributed by atoms with Crippen LogP contribution in [0.3, 0.4) is 0 Å². The molecule has 0 bridgehead atoms. The molecule has 0 saturated carbocycles. The first kappa shape index (κ1) is 34.7. The molecule has 0 spiro atoms. The van der Waals surface area contributed by atoms with E-state index in [2.05, 4.69) is 165 Å². The van der Waals surface area contributed by atoms with Crippen LogP contribution >= 0.6 is 11.3 Å². The van der Waals surface area contributed by atoms with Gasteiger partial charge in [-0.3, -0.25) is 0 Å². The topological polar surface area (TPSA) is 49.9 Å². The highest BCUT2D eigenvalue weighted by atomic mass is 32.1. The molecule has 1 aromatic heterocycles. The van der Waals surface area contributed by atoms with E-state index in [1.165, 1.54) is 80.3 Å². The van der Waals surface area contributed by atoms with Crippen LogP contribution in [0.5, 0.6) is 0 Å². The van der Waals surface area contributed by atoms with Gasteiger partial charge in [0.2, 0.25) is 0 Å². The van der Waals surface area contributed by atoms with Crippen molar-refractivity contribution in [1.82, 2.24) is 0 Å². The van der Waals surface area contributed by atoms with Crippen molar-refractivity contribution in [3.05, 3.63) is 205 Å². The quantitative estimate of drug-likeness (QED) is 0.138. The third-order valence-electron chi connectivity index (χ3n) is 10.3. The standard InChI is InChI=1S/C43H29NS.C7H8.CH3N/c44-43(28-9-2-1-3-10-28)29-19-17-27(18-20-29)32-15-8-16-41-42(32)39-26-31(22-24-40(39)45-41)30-21-23-37-35-13-5-4-11-33(35)34-12-6-7-14-36(34)38(37)25-30;1-7-5-3-2-4-6-7;1-2/h1-26,43H,44H2;2-6H,1H3;2H,1H2. The van der Waals surface area contributed by atoms with E-state index in [1.54, 1.807) is 0 Å². The first-order valence-corrected chi connectivity index (χ1v) is 19.0. The summed E-state index contributed by atoms with van der Waals surface area (Å²) < 4.78 is 2.61. The summed E-state index contributed by atoms with van der Waals surface area (Å²) in [5.74, 6) is 0. The third-order valence-corrected chi connectivity index (χ3v) is 11.4. The van der Waals surface area contributed by atoms with E-state index >= 15 is 0 Å². The molecule has 3 N–H and O–H groups in total. The van der Waals surface area contributed by atoms with Gasteiger partial charge < -0.3 is 11.1 Å². The summed E-state index contributed by atoms with van der Waals surface area (Å²) in [6.45, 7) is 4.58. The Balaban J connectivity index is 0.000000411.